The number of alkyl halides is 4. The molecule has 0 aromatic heterocycles. The topological polar surface area (TPSA) is 3.24 Å². The largest absolute Gasteiger partial charge is 0.459 e. The highest BCUT2D eigenvalue weighted by Crippen LogP contribution is 2.28. The van der Waals surface area contributed by atoms with Crippen LogP contribution in [0, 0.1) is 5.92 Å². The van der Waals surface area contributed by atoms with Gasteiger partial charge in [0.2, 0.25) is 0 Å². The van der Waals surface area contributed by atoms with Crippen molar-refractivity contribution in [3.8, 4) is 0 Å². The summed E-state index contributed by atoms with van der Waals surface area (Å²) in [7, 11) is 0. The van der Waals surface area contributed by atoms with E-state index in [9.17, 15) is 13.2 Å². The van der Waals surface area contributed by atoms with Crippen LogP contribution in [-0.2, 0) is 0 Å². The zero-order valence-electron chi connectivity index (χ0n) is 6.57. The van der Waals surface area contributed by atoms with E-state index in [0.717, 1.165) is 6.42 Å². The Kier molecular flexibility index (Phi) is 3.40. The van der Waals surface area contributed by atoms with E-state index < -0.39 is 6.30 Å². The summed E-state index contributed by atoms with van der Waals surface area (Å²) in [6, 6.07) is 0. The minimum atomic E-state index is -4.14. The van der Waals surface area contributed by atoms with Crippen LogP contribution >= 0.6 is 15.9 Å². The summed E-state index contributed by atoms with van der Waals surface area (Å²) < 4.78 is 36.5. The summed E-state index contributed by atoms with van der Waals surface area (Å²) in [6.07, 6.45) is -2.59. The van der Waals surface area contributed by atoms with Crippen LogP contribution in [0.2, 0.25) is 0 Å². The first kappa shape index (κ1) is 10.3. The van der Waals surface area contributed by atoms with Gasteiger partial charge < -0.3 is 0 Å². The number of halogens is 4. The van der Waals surface area contributed by atoms with Crippen molar-refractivity contribution in [1.82, 2.24) is 4.90 Å². The first-order chi connectivity index (χ1) is 5.54. The van der Waals surface area contributed by atoms with Crippen molar-refractivity contribution in [2.24, 2.45) is 5.92 Å². The highest BCUT2D eigenvalue weighted by Gasteiger charge is 2.39. The fourth-order valence-corrected chi connectivity index (χ4v) is 1.95. The highest BCUT2D eigenvalue weighted by molar-refractivity contribution is 9.09. The molecule has 0 aromatic carbocycles. The van der Waals surface area contributed by atoms with Crippen LogP contribution < -0.4 is 0 Å². The molecule has 1 fully saturated rings. The third-order valence-corrected chi connectivity index (χ3v) is 3.01. The number of rotatable bonds is 1. The van der Waals surface area contributed by atoms with Crippen molar-refractivity contribution in [1.29, 1.82) is 0 Å². The molecule has 0 aliphatic carbocycles. The Morgan fingerprint density at radius 3 is 2.58 bits per heavy atom. The minimum Gasteiger partial charge on any atom is -0.214 e. The Balaban J connectivity index is 2.46. The van der Waals surface area contributed by atoms with Crippen molar-refractivity contribution in [2.45, 2.75) is 19.1 Å². The fraction of sp³-hybridized carbons (Fsp3) is 1.00. The van der Waals surface area contributed by atoms with E-state index in [0.29, 0.717) is 16.7 Å². The first-order valence-corrected chi connectivity index (χ1v) is 5.04. The fourth-order valence-electron chi connectivity index (χ4n) is 1.42. The monoisotopic (exact) mass is 245 g/mol. The summed E-state index contributed by atoms with van der Waals surface area (Å²) in [4.78, 5) is 0.600. The molecule has 1 heterocycles. The second kappa shape index (κ2) is 3.96. The molecule has 0 amide bonds. The molecule has 0 unspecified atom stereocenters. The van der Waals surface area contributed by atoms with Crippen LogP contribution in [0.5, 0.6) is 0 Å². The number of likely N-dealkylation sites (tertiary alicyclic amines) is 1. The first-order valence-electron chi connectivity index (χ1n) is 3.92. The highest BCUT2D eigenvalue weighted by atomic mass is 79.9. The summed E-state index contributed by atoms with van der Waals surface area (Å²) in [5, 5.41) is 0.666. The van der Waals surface area contributed by atoms with Gasteiger partial charge in [-0.3, -0.25) is 0 Å². The Labute approximate surface area is 78.0 Å². The lowest BCUT2D eigenvalue weighted by Crippen LogP contribution is -2.45. The quantitative estimate of drug-likeness (QED) is 0.507. The molecule has 0 spiro atoms. The zero-order valence-corrected chi connectivity index (χ0v) is 8.16. The SMILES string of the molecule is FC(F)(F)N1CCC[C@H](CBr)C1. The van der Waals surface area contributed by atoms with Crippen molar-refractivity contribution < 1.29 is 13.2 Å². The molecule has 0 N–H and O–H groups in total. The molecule has 72 valence electrons. The normalized spacial score (nSPS) is 27.5. The van der Waals surface area contributed by atoms with Gasteiger partial charge in [0.25, 0.3) is 0 Å². The Morgan fingerprint density at radius 1 is 1.42 bits per heavy atom. The van der Waals surface area contributed by atoms with Crippen LogP contribution in [0.15, 0.2) is 0 Å². The number of piperidine rings is 1. The summed E-state index contributed by atoms with van der Waals surface area (Å²) in [5.74, 6) is 0.153. The average Bonchev–Trinajstić information content (AvgIpc) is 2.03. The van der Waals surface area contributed by atoms with Gasteiger partial charge in [-0.25, -0.2) is 4.90 Å². The molecule has 1 atom stereocenters. The van der Waals surface area contributed by atoms with Crippen molar-refractivity contribution in [3.05, 3.63) is 0 Å². The number of hydrogen-bond donors (Lipinski definition) is 0. The molecule has 5 heteroatoms. The van der Waals surface area contributed by atoms with Crippen LogP contribution in [0.25, 0.3) is 0 Å². The van der Waals surface area contributed by atoms with Gasteiger partial charge in [-0.2, -0.15) is 13.2 Å². The van der Waals surface area contributed by atoms with E-state index >= 15 is 0 Å². The van der Waals surface area contributed by atoms with E-state index in [2.05, 4.69) is 15.9 Å². The maximum Gasteiger partial charge on any atom is 0.459 e. The standard InChI is InChI=1S/C7H11BrF3N/c8-4-6-2-1-3-12(5-6)7(9,10)11/h6H,1-5H2/t6-/m1/s1. The van der Waals surface area contributed by atoms with Gasteiger partial charge in [0.15, 0.2) is 0 Å². The average molecular weight is 246 g/mol. The van der Waals surface area contributed by atoms with Gasteiger partial charge in [0.1, 0.15) is 0 Å². The summed E-state index contributed by atoms with van der Waals surface area (Å²) >= 11 is 3.21. The summed E-state index contributed by atoms with van der Waals surface area (Å²) in [6.45, 7) is 0.307. The van der Waals surface area contributed by atoms with E-state index in [1.165, 1.54) is 0 Å². The van der Waals surface area contributed by atoms with Crippen LogP contribution in [-0.4, -0.2) is 29.6 Å². The van der Waals surface area contributed by atoms with E-state index in [1.807, 2.05) is 0 Å². The Morgan fingerprint density at radius 2 is 2.08 bits per heavy atom. The number of hydrogen-bond acceptors (Lipinski definition) is 1. The van der Waals surface area contributed by atoms with Crippen molar-refractivity contribution in [3.63, 3.8) is 0 Å². The van der Waals surface area contributed by atoms with Gasteiger partial charge in [-0.05, 0) is 18.8 Å². The zero-order chi connectivity index (χ0) is 9.19. The van der Waals surface area contributed by atoms with E-state index in [4.69, 9.17) is 0 Å². The maximum absolute atomic E-state index is 12.2. The van der Waals surface area contributed by atoms with Gasteiger partial charge in [0.05, 0.1) is 0 Å². The molecular formula is C7H11BrF3N. The lowest BCUT2D eigenvalue weighted by molar-refractivity contribution is -0.252. The Hall–Kier alpha value is 0.230. The summed E-state index contributed by atoms with van der Waals surface area (Å²) in [5.41, 5.74) is 0. The predicted octanol–water partition coefficient (Wildman–Crippen LogP) is 2.61. The van der Waals surface area contributed by atoms with Crippen LogP contribution in [0.4, 0.5) is 13.2 Å². The van der Waals surface area contributed by atoms with E-state index in [1.54, 1.807) is 0 Å². The molecule has 1 aliphatic heterocycles. The number of nitrogens with zero attached hydrogens (tertiary/aromatic N) is 1. The molecule has 12 heavy (non-hydrogen) atoms. The third-order valence-electron chi connectivity index (χ3n) is 2.10. The van der Waals surface area contributed by atoms with Gasteiger partial charge in [-0.15, -0.1) is 0 Å². The molecule has 0 aromatic rings. The molecule has 0 radical (unpaired) electrons. The van der Waals surface area contributed by atoms with E-state index in [-0.39, 0.29) is 19.0 Å². The van der Waals surface area contributed by atoms with Gasteiger partial charge >= 0.3 is 6.30 Å². The van der Waals surface area contributed by atoms with Crippen molar-refractivity contribution >= 4 is 15.9 Å². The molecule has 1 rings (SSSR count). The molecule has 1 nitrogen and oxygen atoms in total. The predicted molar refractivity (Wildman–Crippen MR) is 44.1 cm³/mol. The molecule has 0 bridgehead atoms. The lowest BCUT2D eigenvalue weighted by atomic mass is 10.0. The Bertz CT molecular complexity index is 148. The smallest absolute Gasteiger partial charge is 0.214 e. The molecular weight excluding hydrogens is 235 g/mol. The van der Waals surface area contributed by atoms with Gasteiger partial charge in [0, 0.05) is 18.4 Å². The minimum absolute atomic E-state index is 0.148. The van der Waals surface area contributed by atoms with Gasteiger partial charge in [-0.1, -0.05) is 15.9 Å². The molecule has 1 saturated heterocycles. The maximum atomic E-state index is 12.2. The van der Waals surface area contributed by atoms with Crippen molar-refractivity contribution in [2.75, 3.05) is 18.4 Å². The van der Waals surface area contributed by atoms with Crippen LogP contribution in [0.3, 0.4) is 0 Å². The van der Waals surface area contributed by atoms with Crippen LogP contribution in [0.1, 0.15) is 12.8 Å². The molecule has 0 saturated carbocycles. The second-order valence-corrected chi connectivity index (χ2v) is 3.72. The lowest BCUT2D eigenvalue weighted by Gasteiger charge is -2.32. The third kappa shape index (κ3) is 2.62. The second-order valence-electron chi connectivity index (χ2n) is 3.08. The molecule has 1 aliphatic rings.